The number of halogens is 3. The summed E-state index contributed by atoms with van der Waals surface area (Å²) in [6.07, 6.45) is -4.67. The second-order valence-corrected chi connectivity index (χ2v) is 6.48. The molecule has 126 valence electrons. The second kappa shape index (κ2) is 6.43. The molecule has 1 saturated heterocycles. The van der Waals surface area contributed by atoms with Crippen LogP contribution in [0.25, 0.3) is 0 Å². The van der Waals surface area contributed by atoms with Crippen molar-refractivity contribution in [2.45, 2.75) is 31.6 Å². The van der Waals surface area contributed by atoms with Crippen molar-refractivity contribution >= 4 is 23.6 Å². The Morgan fingerprint density at radius 1 is 1.26 bits per heavy atom. The number of carbonyl (C=O) groups is 2. The molecule has 0 saturated carbocycles. The van der Waals surface area contributed by atoms with E-state index >= 15 is 0 Å². The van der Waals surface area contributed by atoms with Crippen LogP contribution in [0.5, 0.6) is 0 Å². The Morgan fingerprint density at radius 3 is 2.39 bits per heavy atom. The fraction of sp³-hybridized carbons (Fsp3) is 0.467. The van der Waals surface area contributed by atoms with Gasteiger partial charge in [0.15, 0.2) is 5.54 Å². The van der Waals surface area contributed by atoms with Gasteiger partial charge in [-0.2, -0.15) is 13.2 Å². The molecule has 1 aliphatic heterocycles. The van der Waals surface area contributed by atoms with Crippen LogP contribution >= 0.6 is 11.8 Å². The molecule has 0 radical (unpaired) electrons. The summed E-state index contributed by atoms with van der Waals surface area (Å²) in [5, 5.41) is 2.11. The zero-order valence-electron chi connectivity index (χ0n) is 12.7. The molecule has 0 unspecified atom stereocenters. The van der Waals surface area contributed by atoms with Crippen molar-refractivity contribution in [1.82, 2.24) is 10.2 Å². The average molecular weight is 346 g/mol. The third-order valence-corrected chi connectivity index (χ3v) is 4.89. The van der Waals surface area contributed by atoms with Crippen molar-refractivity contribution < 1.29 is 22.8 Å². The molecule has 1 aromatic carbocycles. The minimum Gasteiger partial charge on any atom is -0.337 e. The topological polar surface area (TPSA) is 49.4 Å². The third kappa shape index (κ3) is 3.46. The zero-order valence-corrected chi connectivity index (χ0v) is 13.5. The maximum atomic E-state index is 13.6. The molecule has 1 heterocycles. The molecule has 2 rings (SSSR count). The van der Waals surface area contributed by atoms with Crippen molar-refractivity contribution in [2.24, 2.45) is 0 Å². The molecule has 1 N–H and O–H groups in total. The van der Waals surface area contributed by atoms with Gasteiger partial charge in [0, 0.05) is 12.7 Å². The normalized spacial score (nSPS) is 20.9. The first-order valence-electron chi connectivity index (χ1n) is 6.96. The molecule has 23 heavy (non-hydrogen) atoms. The van der Waals surface area contributed by atoms with Gasteiger partial charge in [0.2, 0.25) is 11.8 Å². The van der Waals surface area contributed by atoms with Gasteiger partial charge in [-0.15, -0.1) is 11.8 Å². The van der Waals surface area contributed by atoms with Gasteiger partial charge in [0.25, 0.3) is 0 Å². The zero-order chi connectivity index (χ0) is 17.3. The molecule has 0 spiro atoms. The summed E-state index contributed by atoms with van der Waals surface area (Å²) in [7, 11) is 0. The van der Waals surface area contributed by atoms with Crippen LogP contribution in [0.3, 0.4) is 0 Å². The summed E-state index contributed by atoms with van der Waals surface area (Å²) in [6.45, 7) is 2.23. The highest BCUT2D eigenvalue weighted by Crippen LogP contribution is 2.39. The van der Waals surface area contributed by atoms with Crippen molar-refractivity contribution in [3.8, 4) is 0 Å². The fourth-order valence-corrected chi connectivity index (χ4v) is 3.60. The van der Waals surface area contributed by atoms with Gasteiger partial charge < -0.3 is 10.2 Å². The van der Waals surface area contributed by atoms with Crippen LogP contribution in [0, 0.1) is 0 Å². The minimum absolute atomic E-state index is 0.0547. The van der Waals surface area contributed by atoms with Gasteiger partial charge in [-0.05, 0) is 12.5 Å². The quantitative estimate of drug-likeness (QED) is 0.915. The maximum Gasteiger partial charge on any atom is 0.415 e. The number of benzene rings is 1. The Balaban J connectivity index is 2.29. The van der Waals surface area contributed by atoms with E-state index in [4.69, 9.17) is 0 Å². The van der Waals surface area contributed by atoms with E-state index in [-0.39, 0.29) is 17.2 Å². The number of hydrogen-bond acceptors (Lipinski definition) is 3. The maximum absolute atomic E-state index is 13.6. The van der Waals surface area contributed by atoms with E-state index in [0.29, 0.717) is 5.88 Å². The van der Waals surface area contributed by atoms with Gasteiger partial charge in [-0.1, -0.05) is 30.3 Å². The molecular weight excluding hydrogens is 329 g/mol. The lowest BCUT2D eigenvalue weighted by Crippen LogP contribution is -2.58. The number of rotatable bonds is 3. The van der Waals surface area contributed by atoms with Crippen LogP contribution in [0.1, 0.15) is 19.4 Å². The van der Waals surface area contributed by atoms with Crippen LogP contribution in [0.4, 0.5) is 13.2 Å². The lowest BCUT2D eigenvalue weighted by Gasteiger charge is -2.35. The highest BCUT2D eigenvalue weighted by molar-refractivity contribution is 7.99. The summed E-state index contributed by atoms with van der Waals surface area (Å²) >= 11 is 1.34. The number of carbonyl (C=O) groups excluding carboxylic acids is 2. The predicted octanol–water partition coefficient (Wildman–Crippen LogP) is 2.50. The highest BCUT2D eigenvalue weighted by Gasteiger charge is 2.54. The molecule has 8 heteroatoms. The number of nitrogens with zero attached hydrogens (tertiary/aromatic N) is 1. The Labute approximate surface area is 136 Å². The van der Waals surface area contributed by atoms with Gasteiger partial charge >= 0.3 is 6.18 Å². The standard InChI is InChI=1S/C15H17F3N2O2S/c1-10(21)20-9-23-8-12(20)13(22)19-14(2,15(16,17)18)11-6-4-3-5-7-11/h3-7,12H,8-9H2,1-2H3,(H,19,22)/t12-,14-/m1/s1. The van der Waals surface area contributed by atoms with Crippen molar-refractivity contribution in [2.75, 3.05) is 11.6 Å². The van der Waals surface area contributed by atoms with E-state index in [2.05, 4.69) is 5.32 Å². The number of hydrogen-bond donors (Lipinski definition) is 1. The van der Waals surface area contributed by atoms with Gasteiger partial charge in [0.05, 0.1) is 5.88 Å². The molecule has 4 nitrogen and oxygen atoms in total. The summed E-state index contributed by atoms with van der Waals surface area (Å²) in [5.74, 6) is -0.534. The lowest BCUT2D eigenvalue weighted by molar-refractivity contribution is -0.198. The monoisotopic (exact) mass is 346 g/mol. The third-order valence-electron chi connectivity index (χ3n) is 3.88. The SMILES string of the molecule is CC(=O)N1CSC[C@@H]1C(=O)N[C@](C)(c1ccccc1)C(F)(F)F. The average Bonchev–Trinajstić information content (AvgIpc) is 2.96. The Morgan fingerprint density at radius 2 is 1.87 bits per heavy atom. The number of alkyl halides is 3. The molecule has 1 aromatic rings. The van der Waals surface area contributed by atoms with E-state index in [1.165, 1.54) is 47.9 Å². The first-order chi connectivity index (χ1) is 10.7. The molecule has 0 aliphatic carbocycles. The number of amides is 2. The molecule has 1 fully saturated rings. The molecule has 2 amide bonds. The first-order valence-corrected chi connectivity index (χ1v) is 8.11. The lowest BCUT2D eigenvalue weighted by atomic mass is 9.90. The summed E-state index contributed by atoms with van der Waals surface area (Å²) in [5.41, 5.74) is -2.57. The largest absolute Gasteiger partial charge is 0.415 e. The highest BCUT2D eigenvalue weighted by atomic mass is 32.2. The molecule has 1 aliphatic rings. The smallest absolute Gasteiger partial charge is 0.337 e. The van der Waals surface area contributed by atoms with Crippen LogP contribution in [0.15, 0.2) is 30.3 Å². The van der Waals surface area contributed by atoms with E-state index in [0.717, 1.165) is 6.92 Å². The van der Waals surface area contributed by atoms with Gasteiger partial charge in [-0.25, -0.2) is 0 Å². The van der Waals surface area contributed by atoms with Crippen LogP contribution in [-0.4, -0.2) is 40.6 Å². The minimum atomic E-state index is -4.67. The summed E-state index contributed by atoms with van der Waals surface area (Å²) < 4.78 is 40.8. The van der Waals surface area contributed by atoms with Crippen LogP contribution in [0.2, 0.25) is 0 Å². The Bertz CT molecular complexity index is 594. The molecule has 0 bridgehead atoms. The molecular formula is C15H17F3N2O2S. The van der Waals surface area contributed by atoms with Gasteiger partial charge in [-0.3, -0.25) is 9.59 Å². The van der Waals surface area contributed by atoms with Crippen molar-refractivity contribution in [3.05, 3.63) is 35.9 Å². The first kappa shape index (κ1) is 17.7. The molecule has 0 aromatic heterocycles. The van der Waals surface area contributed by atoms with Crippen molar-refractivity contribution in [1.29, 1.82) is 0 Å². The van der Waals surface area contributed by atoms with Gasteiger partial charge in [0.1, 0.15) is 6.04 Å². The second-order valence-electron chi connectivity index (χ2n) is 5.48. The van der Waals surface area contributed by atoms with E-state index < -0.39 is 23.7 Å². The Hall–Kier alpha value is -1.70. The fourth-order valence-electron chi connectivity index (χ4n) is 2.38. The summed E-state index contributed by atoms with van der Waals surface area (Å²) in [4.78, 5) is 25.2. The number of thioether (sulfide) groups is 1. The van der Waals surface area contributed by atoms with Crippen LogP contribution in [-0.2, 0) is 15.1 Å². The Kier molecular flexibility index (Phi) is 4.93. The van der Waals surface area contributed by atoms with Crippen LogP contribution < -0.4 is 5.32 Å². The predicted molar refractivity (Wildman–Crippen MR) is 81.6 cm³/mol. The summed E-state index contributed by atoms with van der Waals surface area (Å²) in [6, 6.07) is 6.33. The molecule has 2 atom stereocenters. The number of nitrogens with one attached hydrogen (secondary N) is 1. The van der Waals surface area contributed by atoms with E-state index in [9.17, 15) is 22.8 Å². The van der Waals surface area contributed by atoms with E-state index in [1.807, 2.05) is 0 Å². The van der Waals surface area contributed by atoms with Crippen molar-refractivity contribution in [3.63, 3.8) is 0 Å². The van der Waals surface area contributed by atoms with E-state index in [1.54, 1.807) is 6.07 Å².